The fourth-order valence-corrected chi connectivity index (χ4v) is 5.75. The van der Waals surface area contributed by atoms with Crippen molar-refractivity contribution in [2.75, 3.05) is 17.8 Å². The Morgan fingerprint density at radius 2 is 1.67 bits per heavy atom. The minimum atomic E-state index is -4.08. The van der Waals surface area contributed by atoms with E-state index in [1.54, 1.807) is 47.4 Å². The highest BCUT2D eigenvalue weighted by Gasteiger charge is 2.23. The molecule has 5 rings (SSSR count). The van der Waals surface area contributed by atoms with Gasteiger partial charge in [0, 0.05) is 23.9 Å². The fourth-order valence-electron chi connectivity index (χ4n) is 4.45. The summed E-state index contributed by atoms with van der Waals surface area (Å²) in [6, 6.07) is 19.7. The highest BCUT2D eigenvalue weighted by Crippen LogP contribution is 2.36. The smallest absolute Gasteiger partial charge is 0.261 e. The molecule has 1 aromatic heterocycles. The number of tetrazole rings is 1. The molecule has 0 spiro atoms. The van der Waals surface area contributed by atoms with Gasteiger partial charge < -0.3 is 15.1 Å². The zero-order valence-electron chi connectivity index (χ0n) is 24.1. The number of rotatable bonds is 7. The molecule has 1 amide bonds. The first-order chi connectivity index (χ1) is 20.5. The fraction of sp³-hybridized carbons (Fsp3) is 0.200. The average molecular weight is 621 g/mol. The van der Waals surface area contributed by atoms with Gasteiger partial charge in [0.15, 0.2) is 0 Å². The van der Waals surface area contributed by atoms with Gasteiger partial charge in [-0.3, -0.25) is 9.52 Å². The number of amides is 1. The maximum atomic E-state index is 13.3. The Balaban J connectivity index is 0.000000403. The number of nitrogens with one attached hydrogen (secondary N) is 2. The van der Waals surface area contributed by atoms with E-state index in [9.17, 15) is 18.3 Å². The van der Waals surface area contributed by atoms with E-state index >= 15 is 0 Å². The van der Waals surface area contributed by atoms with Gasteiger partial charge in [-0.1, -0.05) is 58.3 Å². The van der Waals surface area contributed by atoms with Crippen LogP contribution in [0.3, 0.4) is 0 Å². The lowest BCUT2D eigenvalue weighted by Crippen LogP contribution is -2.30. The van der Waals surface area contributed by atoms with Crippen molar-refractivity contribution in [2.45, 2.75) is 32.6 Å². The lowest BCUT2D eigenvalue weighted by Gasteiger charge is -2.21. The maximum absolute atomic E-state index is 13.3. The summed E-state index contributed by atoms with van der Waals surface area (Å²) in [6.45, 7) is 8.45. The van der Waals surface area contributed by atoms with Crippen LogP contribution in [0.4, 0.5) is 5.69 Å². The molecule has 224 valence electrons. The summed E-state index contributed by atoms with van der Waals surface area (Å²) in [5, 5.41) is 30.6. The van der Waals surface area contributed by atoms with Crippen LogP contribution in [-0.4, -0.2) is 62.7 Å². The normalized spacial score (nSPS) is 11.1. The van der Waals surface area contributed by atoms with E-state index in [0.717, 1.165) is 5.56 Å². The Hall–Kier alpha value is -4.75. The second-order valence-corrected chi connectivity index (χ2v) is 11.7. The molecule has 4 aromatic carbocycles. The number of hydrogen-bond donors (Lipinski definition) is 4. The third kappa shape index (κ3) is 6.84. The predicted molar refractivity (Wildman–Crippen MR) is 168 cm³/mol. The number of phenolic OH excluding ortho intramolecular Hbond substituents is 2. The topological polar surface area (TPSA) is 153 Å². The molecule has 43 heavy (non-hydrogen) atoms. The first kappa shape index (κ1) is 31.2. The van der Waals surface area contributed by atoms with E-state index in [1.165, 1.54) is 28.4 Å². The lowest BCUT2D eigenvalue weighted by molar-refractivity contribution is 0.0770. The molecule has 11 nitrogen and oxygen atoms in total. The van der Waals surface area contributed by atoms with Crippen LogP contribution in [-0.2, 0) is 10.0 Å². The van der Waals surface area contributed by atoms with E-state index in [2.05, 4.69) is 20.2 Å². The summed E-state index contributed by atoms with van der Waals surface area (Å²) in [7, 11) is -4.08. The zero-order chi connectivity index (χ0) is 31.3. The second-order valence-electron chi connectivity index (χ2n) is 9.65. The van der Waals surface area contributed by atoms with Gasteiger partial charge >= 0.3 is 0 Å². The van der Waals surface area contributed by atoms with Gasteiger partial charge in [0.05, 0.1) is 21.8 Å². The van der Waals surface area contributed by atoms with E-state index in [-0.39, 0.29) is 26.7 Å². The predicted octanol–water partition coefficient (Wildman–Crippen LogP) is 5.48. The Bertz CT molecular complexity index is 1950. The number of carbonyl (C=O) groups excluding carboxylic acids is 1. The number of aromatic hydroxyl groups is 2. The second kappa shape index (κ2) is 13.0. The Labute approximate surface area is 254 Å². The number of aromatic nitrogens is 4. The van der Waals surface area contributed by atoms with Gasteiger partial charge in [-0.05, 0) is 75.8 Å². The molecule has 0 saturated carbocycles. The van der Waals surface area contributed by atoms with Crippen LogP contribution < -0.4 is 4.72 Å². The maximum Gasteiger partial charge on any atom is 0.261 e. The van der Waals surface area contributed by atoms with Crippen LogP contribution in [0.2, 0.25) is 0 Å². The monoisotopic (exact) mass is 620 g/mol. The number of benzene rings is 4. The third-order valence-corrected chi connectivity index (χ3v) is 8.38. The summed E-state index contributed by atoms with van der Waals surface area (Å²) < 4.78 is 30.7. The summed E-state index contributed by atoms with van der Waals surface area (Å²) in [6.07, 6.45) is 0. The standard InChI is InChI=1S/C22H22N6O4S2.C8H10O/c1-3-27(4-2)21(30)18-13-19(16-10-5-6-11-17(16)20(18)29)24-34(31,32)15-9-7-8-14(12-15)28-22(33)23-25-26-28;1-6-3-4-8(9)7(2)5-6/h5-13,24,29H,3-4H2,1-2H3,(H,23,26,33);3-5,9H,1-2H3. The molecular weight excluding hydrogens is 589 g/mol. The molecule has 0 saturated heterocycles. The zero-order valence-corrected chi connectivity index (χ0v) is 25.7. The quantitative estimate of drug-likeness (QED) is 0.138. The molecule has 0 aliphatic rings. The summed E-state index contributed by atoms with van der Waals surface area (Å²) in [5.74, 6) is -0.212. The molecule has 0 radical (unpaired) electrons. The molecule has 0 fully saturated rings. The highest BCUT2D eigenvalue weighted by atomic mass is 32.2. The first-order valence-corrected chi connectivity index (χ1v) is 15.3. The first-order valence-electron chi connectivity index (χ1n) is 13.4. The van der Waals surface area contributed by atoms with Gasteiger partial charge in [-0.2, -0.15) is 5.21 Å². The number of sulfonamides is 1. The largest absolute Gasteiger partial charge is 0.508 e. The molecule has 13 heteroatoms. The molecule has 0 atom stereocenters. The van der Waals surface area contributed by atoms with Crippen molar-refractivity contribution in [2.24, 2.45) is 0 Å². The van der Waals surface area contributed by atoms with E-state index in [1.807, 2.05) is 39.8 Å². The van der Waals surface area contributed by atoms with Crippen molar-refractivity contribution in [3.8, 4) is 17.2 Å². The summed E-state index contributed by atoms with van der Waals surface area (Å²) in [5.41, 5.74) is 2.75. The summed E-state index contributed by atoms with van der Waals surface area (Å²) in [4.78, 5) is 14.5. The number of aryl methyl sites for hydroxylation is 2. The van der Waals surface area contributed by atoms with Crippen LogP contribution in [0.5, 0.6) is 11.5 Å². The number of phenols is 2. The van der Waals surface area contributed by atoms with Gasteiger partial charge in [0.2, 0.25) is 4.77 Å². The molecule has 0 unspecified atom stereocenters. The Kier molecular flexibility index (Phi) is 9.46. The molecule has 4 N–H and O–H groups in total. The van der Waals surface area contributed by atoms with Crippen molar-refractivity contribution in [3.63, 3.8) is 0 Å². The van der Waals surface area contributed by atoms with Crippen molar-refractivity contribution < 1.29 is 23.4 Å². The molecule has 5 aromatic rings. The number of aromatic amines is 1. The number of hydrogen-bond acceptors (Lipinski definition) is 8. The minimum Gasteiger partial charge on any atom is -0.508 e. The molecule has 1 heterocycles. The van der Waals surface area contributed by atoms with Crippen molar-refractivity contribution in [3.05, 3.63) is 94.3 Å². The summed E-state index contributed by atoms with van der Waals surface area (Å²) >= 11 is 5.09. The number of H-pyrrole nitrogens is 1. The van der Waals surface area contributed by atoms with Gasteiger partial charge in [-0.25, -0.2) is 13.1 Å². The van der Waals surface area contributed by atoms with Gasteiger partial charge in [-0.15, -0.1) is 0 Å². The molecule has 0 bridgehead atoms. The number of carbonyl (C=O) groups is 1. The van der Waals surface area contributed by atoms with E-state index in [0.29, 0.717) is 35.3 Å². The number of nitrogens with zero attached hydrogens (tertiary/aromatic N) is 4. The average Bonchev–Trinajstić information content (AvgIpc) is 3.43. The highest BCUT2D eigenvalue weighted by molar-refractivity contribution is 7.92. The minimum absolute atomic E-state index is 0.0173. The van der Waals surface area contributed by atoms with Crippen LogP contribution >= 0.6 is 12.2 Å². The Morgan fingerprint density at radius 1 is 0.977 bits per heavy atom. The van der Waals surface area contributed by atoms with E-state index < -0.39 is 15.9 Å². The number of fused-ring (bicyclic) bond motifs is 1. The number of anilines is 1. The van der Waals surface area contributed by atoms with Crippen molar-refractivity contribution in [1.29, 1.82) is 0 Å². The molecule has 0 aliphatic carbocycles. The van der Waals surface area contributed by atoms with E-state index in [4.69, 9.17) is 17.3 Å². The molecular formula is C30H32N6O5S2. The van der Waals surface area contributed by atoms with Crippen LogP contribution in [0, 0.1) is 18.6 Å². The SMILES string of the molecule is CCN(CC)C(=O)c1cc(NS(=O)(=O)c2cccc(-n3[nH]nnc3=S)c2)c2ccccc2c1O.Cc1ccc(O)c(C)c1. The van der Waals surface area contributed by atoms with Crippen LogP contribution in [0.1, 0.15) is 35.3 Å². The van der Waals surface area contributed by atoms with Gasteiger partial charge in [0.25, 0.3) is 15.9 Å². The Morgan fingerprint density at radius 3 is 2.28 bits per heavy atom. The van der Waals surface area contributed by atoms with Crippen molar-refractivity contribution >= 4 is 44.6 Å². The van der Waals surface area contributed by atoms with Crippen molar-refractivity contribution in [1.82, 2.24) is 25.1 Å². The van der Waals surface area contributed by atoms with Gasteiger partial charge in [0.1, 0.15) is 11.5 Å². The van der Waals surface area contributed by atoms with Crippen LogP contribution in [0.15, 0.2) is 77.7 Å². The third-order valence-electron chi connectivity index (χ3n) is 6.75. The van der Waals surface area contributed by atoms with Crippen LogP contribution in [0.25, 0.3) is 16.5 Å². The lowest BCUT2D eigenvalue weighted by atomic mass is 10.0. The molecule has 0 aliphatic heterocycles.